The highest BCUT2D eigenvalue weighted by atomic mass is 16.4. The molecule has 0 aliphatic rings. The summed E-state index contributed by atoms with van der Waals surface area (Å²) < 4.78 is 0. The molecule has 0 spiro atoms. The van der Waals surface area contributed by atoms with Crippen molar-refractivity contribution in [1.29, 1.82) is 0 Å². The summed E-state index contributed by atoms with van der Waals surface area (Å²) in [7, 11) is 0. The Hall–Kier alpha value is -1.70. The van der Waals surface area contributed by atoms with Crippen LogP contribution in [0.5, 0.6) is 0 Å². The SMILES string of the molecule is C=CC(=CNC(=O)[C@@H](O)C[C@H](N)C(=O)O)CO. The Morgan fingerprint density at radius 2 is 2.06 bits per heavy atom. The molecular weight excluding hydrogens is 228 g/mol. The lowest BCUT2D eigenvalue weighted by Crippen LogP contribution is -2.40. The van der Waals surface area contributed by atoms with E-state index in [0.717, 1.165) is 0 Å². The molecule has 96 valence electrons. The van der Waals surface area contributed by atoms with E-state index < -0.39 is 30.4 Å². The Labute approximate surface area is 98.2 Å². The highest BCUT2D eigenvalue weighted by Gasteiger charge is 2.21. The summed E-state index contributed by atoms with van der Waals surface area (Å²) in [6.07, 6.45) is 0.583. The van der Waals surface area contributed by atoms with Gasteiger partial charge in [-0.1, -0.05) is 12.7 Å². The molecule has 1 amide bonds. The standard InChI is InChI=1S/C10H16N2O5/c1-2-6(5-13)4-12-9(15)8(14)3-7(11)10(16)17/h2,4,7-8,13-14H,1,3,5,11H2,(H,12,15)(H,16,17)/t7-,8-/m0/s1. The number of aliphatic carboxylic acids is 1. The van der Waals surface area contributed by atoms with Crippen molar-refractivity contribution in [2.45, 2.75) is 18.6 Å². The number of carboxylic acids is 1. The normalized spacial score (nSPS) is 14.9. The third-order valence-electron chi connectivity index (χ3n) is 1.94. The lowest BCUT2D eigenvalue weighted by Gasteiger charge is -2.12. The third kappa shape index (κ3) is 5.81. The number of hydrogen-bond acceptors (Lipinski definition) is 5. The summed E-state index contributed by atoms with van der Waals surface area (Å²) in [5.74, 6) is -2.09. The predicted octanol–water partition coefficient (Wildman–Crippen LogP) is -1.67. The first-order valence-corrected chi connectivity index (χ1v) is 4.81. The van der Waals surface area contributed by atoms with Gasteiger partial charge in [-0.3, -0.25) is 9.59 Å². The molecule has 17 heavy (non-hydrogen) atoms. The third-order valence-corrected chi connectivity index (χ3v) is 1.94. The van der Waals surface area contributed by atoms with Gasteiger partial charge in [-0.05, 0) is 5.57 Å². The first-order valence-electron chi connectivity index (χ1n) is 4.81. The number of amides is 1. The van der Waals surface area contributed by atoms with E-state index >= 15 is 0 Å². The minimum absolute atomic E-state index is 0.311. The van der Waals surface area contributed by atoms with Gasteiger partial charge in [0.15, 0.2) is 0 Å². The number of rotatable bonds is 7. The molecule has 0 aliphatic heterocycles. The lowest BCUT2D eigenvalue weighted by molar-refractivity contribution is -0.140. The number of aliphatic hydroxyl groups excluding tert-OH is 2. The van der Waals surface area contributed by atoms with Crippen molar-refractivity contribution >= 4 is 11.9 Å². The number of carboxylic acid groups (broad SMARTS) is 1. The van der Waals surface area contributed by atoms with E-state index in [9.17, 15) is 14.7 Å². The van der Waals surface area contributed by atoms with Gasteiger partial charge in [-0.15, -0.1) is 0 Å². The molecule has 0 radical (unpaired) electrons. The highest BCUT2D eigenvalue weighted by Crippen LogP contribution is 1.98. The van der Waals surface area contributed by atoms with Gasteiger partial charge in [0, 0.05) is 12.6 Å². The van der Waals surface area contributed by atoms with Crippen LogP contribution in [0.15, 0.2) is 24.4 Å². The van der Waals surface area contributed by atoms with Gasteiger partial charge in [0.25, 0.3) is 5.91 Å². The van der Waals surface area contributed by atoms with Crippen molar-refractivity contribution in [2.75, 3.05) is 6.61 Å². The quantitative estimate of drug-likeness (QED) is 0.340. The summed E-state index contributed by atoms with van der Waals surface area (Å²) in [6, 6.07) is -1.31. The second-order valence-corrected chi connectivity index (χ2v) is 3.29. The van der Waals surface area contributed by atoms with Gasteiger partial charge in [0.2, 0.25) is 0 Å². The van der Waals surface area contributed by atoms with Crippen LogP contribution in [0.4, 0.5) is 0 Å². The van der Waals surface area contributed by atoms with Gasteiger partial charge < -0.3 is 26.4 Å². The van der Waals surface area contributed by atoms with E-state index in [2.05, 4.69) is 11.9 Å². The maximum Gasteiger partial charge on any atom is 0.320 e. The van der Waals surface area contributed by atoms with Crippen molar-refractivity contribution in [1.82, 2.24) is 5.32 Å². The molecule has 0 unspecified atom stereocenters. The zero-order valence-corrected chi connectivity index (χ0v) is 9.17. The molecule has 0 aliphatic carbocycles. The monoisotopic (exact) mass is 244 g/mol. The fraction of sp³-hybridized carbons (Fsp3) is 0.400. The molecule has 7 nitrogen and oxygen atoms in total. The van der Waals surface area contributed by atoms with E-state index in [1.165, 1.54) is 12.3 Å². The minimum atomic E-state index is -1.53. The highest BCUT2D eigenvalue weighted by molar-refractivity contribution is 5.83. The summed E-state index contributed by atoms with van der Waals surface area (Å²) >= 11 is 0. The molecule has 0 saturated heterocycles. The van der Waals surface area contributed by atoms with Crippen LogP contribution in [0.25, 0.3) is 0 Å². The van der Waals surface area contributed by atoms with Gasteiger partial charge in [-0.2, -0.15) is 0 Å². The second-order valence-electron chi connectivity index (χ2n) is 3.29. The Kier molecular flexibility index (Phi) is 6.80. The Morgan fingerprint density at radius 3 is 2.47 bits per heavy atom. The molecule has 0 bridgehead atoms. The number of carbonyl (C=O) groups is 2. The van der Waals surface area contributed by atoms with Crippen LogP contribution in [0.3, 0.4) is 0 Å². The number of nitrogens with two attached hydrogens (primary N) is 1. The topological polar surface area (TPSA) is 133 Å². The number of aliphatic hydroxyl groups is 2. The van der Waals surface area contributed by atoms with Gasteiger partial charge >= 0.3 is 5.97 Å². The van der Waals surface area contributed by atoms with E-state index in [-0.39, 0.29) is 6.61 Å². The second kappa shape index (κ2) is 7.55. The maximum atomic E-state index is 11.3. The maximum absolute atomic E-state index is 11.3. The molecule has 0 rings (SSSR count). The molecule has 7 heteroatoms. The molecule has 0 aromatic rings. The predicted molar refractivity (Wildman–Crippen MR) is 59.7 cm³/mol. The van der Waals surface area contributed by atoms with Crippen molar-refractivity contribution in [3.63, 3.8) is 0 Å². The molecule has 2 atom stereocenters. The fourth-order valence-corrected chi connectivity index (χ4v) is 0.878. The van der Waals surface area contributed by atoms with Crippen LogP contribution in [0.1, 0.15) is 6.42 Å². The van der Waals surface area contributed by atoms with Crippen LogP contribution in [-0.2, 0) is 9.59 Å². The van der Waals surface area contributed by atoms with Crippen LogP contribution in [0.2, 0.25) is 0 Å². The average molecular weight is 244 g/mol. The van der Waals surface area contributed by atoms with Gasteiger partial charge in [0.1, 0.15) is 12.1 Å². The summed E-state index contributed by atoms with van der Waals surface area (Å²) in [6.45, 7) is 3.08. The van der Waals surface area contributed by atoms with E-state index in [0.29, 0.717) is 5.57 Å². The van der Waals surface area contributed by atoms with E-state index in [1.807, 2.05) is 0 Å². The zero-order chi connectivity index (χ0) is 13.4. The largest absolute Gasteiger partial charge is 0.480 e. The van der Waals surface area contributed by atoms with E-state index in [4.69, 9.17) is 15.9 Å². The van der Waals surface area contributed by atoms with Crippen LogP contribution in [0, 0.1) is 0 Å². The molecule has 0 fully saturated rings. The fourth-order valence-electron chi connectivity index (χ4n) is 0.878. The van der Waals surface area contributed by atoms with Crippen molar-refractivity contribution in [3.05, 3.63) is 24.4 Å². The lowest BCUT2D eigenvalue weighted by atomic mass is 10.1. The smallest absolute Gasteiger partial charge is 0.320 e. The van der Waals surface area contributed by atoms with Gasteiger partial charge in [-0.25, -0.2) is 0 Å². The molecule has 0 heterocycles. The molecule has 0 aromatic heterocycles. The Morgan fingerprint density at radius 1 is 1.47 bits per heavy atom. The summed E-state index contributed by atoms with van der Waals surface area (Å²) in [4.78, 5) is 21.7. The number of hydrogen-bond donors (Lipinski definition) is 5. The van der Waals surface area contributed by atoms with Crippen LogP contribution < -0.4 is 11.1 Å². The molecular formula is C10H16N2O5. The van der Waals surface area contributed by atoms with Crippen molar-refractivity contribution < 1.29 is 24.9 Å². The molecule has 6 N–H and O–H groups in total. The first-order chi connectivity index (χ1) is 7.92. The van der Waals surface area contributed by atoms with Crippen molar-refractivity contribution in [3.8, 4) is 0 Å². The zero-order valence-electron chi connectivity index (χ0n) is 9.17. The van der Waals surface area contributed by atoms with Gasteiger partial charge in [0.05, 0.1) is 6.61 Å². The summed E-state index contributed by atoms with van der Waals surface area (Å²) in [5, 5.41) is 28.7. The van der Waals surface area contributed by atoms with Crippen molar-refractivity contribution in [2.24, 2.45) is 5.73 Å². The number of carbonyl (C=O) groups excluding carboxylic acids is 1. The number of nitrogens with one attached hydrogen (secondary N) is 1. The molecule has 0 aromatic carbocycles. The first kappa shape index (κ1) is 15.3. The van der Waals surface area contributed by atoms with E-state index in [1.54, 1.807) is 0 Å². The minimum Gasteiger partial charge on any atom is -0.480 e. The summed E-state index contributed by atoms with van der Waals surface area (Å²) in [5.41, 5.74) is 5.51. The van der Waals surface area contributed by atoms with Crippen LogP contribution >= 0.6 is 0 Å². The van der Waals surface area contributed by atoms with Crippen LogP contribution in [-0.4, -0.2) is 45.9 Å². The Balaban J connectivity index is 4.28. The Bertz CT molecular complexity index is 327. The average Bonchev–Trinajstić information content (AvgIpc) is 2.29. The molecule has 0 saturated carbocycles.